The fourth-order valence-electron chi connectivity index (χ4n) is 1.70. The molecule has 0 aliphatic carbocycles. The minimum atomic E-state index is 0.190. The highest BCUT2D eigenvalue weighted by molar-refractivity contribution is 6.65. The van der Waals surface area contributed by atoms with Crippen LogP contribution in [0.1, 0.15) is 5.56 Å². The molecule has 17 heavy (non-hydrogen) atoms. The zero-order valence-corrected chi connectivity index (χ0v) is 9.93. The van der Waals surface area contributed by atoms with Crippen LogP contribution in [0.4, 0.5) is 0 Å². The Kier molecular flexibility index (Phi) is 3.78. The third-order valence-electron chi connectivity index (χ3n) is 2.49. The van der Waals surface area contributed by atoms with Crippen molar-refractivity contribution in [1.29, 1.82) is 0 Å². The molecular formula is C14H12ClNO. The summed E-state index contributed by atoms with van der Waals surface area (Å²) in [6.45, 7) is 0. The molecule has 0 fully saturated rings. The van der Waals surface area contributed by atoms with Crippen LogP contribution in [0.5, 0.6) is 0 Å². The molecule has 0 aliphatic heterocycles. The van der Waals surface area contributed by atoms with Crippen LogP contribution in [0, 0.1) is 0 Å². The van der Waals surface area contributed by atoms with Crippen LogP contribution in [0.2, 0.25) is 0 Å². The van der Waals surface area contributed by atoms with Crippen molar-refractivity contribution >= 4 is 16.8 Å². The lowest BCUT2D eigenvalue weighted by atomic mass is 10.0. The van der Waals surface area contributed by atoms with Crippen molar-refractivity contribution in [2.24, 2.45) is 5.16 Å². The molecule has 0 saturated heterocycles. The van der Waals surface area contributed by atoms with Crippen LogP contribution in [-0.2, 0) is 6.42 Å². The standard InChI is InChI=1S/C14H12ClNO/c15-14(16-17)10-11-5-4-8-13(9-11)12-6-2-1-3-7-12/h1-9,17H,10H2/b16-14-. The van der Waals surface area contributed by atoms with E-state index >= 15 is 0 Å². The Labute approximate surface area is 105 Å². The molecule has 0 spiro atoms. The Morgan fingerprint density at radius 2 is 1.71 bits per heavy atom. The van der Waals surface area contributed by atoms with Gasteiger partial charge in [0.25, 0.3) is 0 Å². The smallest absolute Gasteiger partial charge is 0.149 e. The van der Waals surface area contributed by atoms with Gasteiger partial charge in [-0.15, -0.1) is 0 Å². The van der Waals surface area contributed by atoms with Crippen LogP contribution in [0.15, 0.2) is 59.8 Å². The second-order valence-corrected chi connectivity index (χ2v) is 4.16. The van der Waals surface area contributed by atoms with E-state index in [-0.39, 0.29) is 5.17 Å². The van der Waals surface area contributed by atoms with Gasteiger partial charge < -0.3 is 5.21 Å². The van der Waals surface area contributed by atoms with Gasteiger partial charge in [0, 0.05) is 6.42 Å². The molecule has 0 radical (unpaired) electrons. The van der Waals surface area contributed by atoms with Gasteiger partial charge in [0.05, 0.1) is 0 Å². The van der Waals surface area contributed by atoms with Gasteiger partial charge in [-0.25, -0.2) is 0 Å². The van der Waals surface area contributed by atoms with Crippen molar-refractivity contribution in [3.8, 4) is 11.1 Å². The molecule has 2 rings (SSSR count). The van der Waals surface area contributed by atoms with Gasteiger partial charge in [0.1, 0.15) is 5.17 Å². The van der Waals surface area contributed by atoms with E-state index in [2.05, 4.69) is 17.3 Å². The Bertz CT molecular complexity index is 523. The Balaban J connectivity index is 2.29. The van der Waals surface area contributed by atoms with E-state index < -0.39 is 0 Å². The second kappa shape index (κ2) is 5.51. The quantitative estimate of drug-likeness (QED) is 0.496. The monoisotopic (exact) mass is 245 g/mol. The first-order valence-corrected chi connectivity index (χ1v) is 5.68. The van der Waals surface area contributed by atoms with Crippen molar-refractivity contribution in [2.75, 3.05) is 0 Å². The topological polar surface area (TPSA) is 32.6 Å². The normalized spacial score (nSPS) is 11.5. The highest BCUT2D eigenvalue weighted by Crippen LogP contribution is 2.20. The van der Waals surface area contributed by atoms with E-state index in [1.807, 2.05) is 42.5 Å². The summed E-state index contributed by atoms with van der Waals surface area (Å²) >= 11 is 5.70. The summed E-state index contributed by atoms with van der Waals surface area (Å²) in [6, 6.07) is 18.1. The van der Waals surface area contributed by atoms with Crippen molar-refractivity contribution in [3.05, 3.63) is 60.2 Å². The van der Waals surface area contributed by atoms with E-state index in [0.717, 1.165) is 16.7 Å². The summed E-state index contributed by atoms with van der Waals surface area (Å²) in [5.41, 5.74) is 3.31. The Morgan fingerprint density at radius 1 is 1.00 bits per heavy atom. The van der Waals surface area contributed by atoms with Gasteiger partial charge in [-0.05, 0) is 16.7 Å². The molecule has 0 atom stereocenters. The Morgan fingerprint density at radius 3 is 2.41 bits per heavy atom. The summed E-state index contributed by atoms with van der Waals surface area (Å²) in [6.07, 6.45) is 0.443. The van der Waals surface area contributed by atoms with Crippen LogP contribution < -0.4 is 0 Å². The molecule has 0 bridgehead atoms. The molecular weight excluding hydrogens is 234 g/mol. The van der Waals surface area contributed by atoms with Crippen molar-refractivity contribution < 1.29 is 5.21 Å². The van der Waals surface area contributed by atoms with Crippen LogP contribution in [0.3, 0.4) is 0 Å². The first-order chi connectivity index (χ1) is 8.29. The minimum absolute atomic E-state index is 0.190. The minimum Gasteiger partial charge on any atom is -0.410 e. The average molecular weight is 246 g/mol. The van der Waals surface area contributed by atoms with Gasteiger partial charge in [0.15, 0.2) is 0 Å². The highest BCUT2D eigenvalue weighted by Gasteiger charge is 2.01. The third-order valence-corrected chi connectivity index (χ3v) is 2.70. The van der Waals surface area contributed by atoms with Gasteiger partial charge in [-0.3, -0.25) is 0 Å². The number of halogens is 1. The SMILES string of the molecule is O/N=C(\Cl)Cc1cccc(-c2ccccc2)c1. The molecule has 0 heterocycles. The third kappa shape index (κ3) is 3.08. The highest BCUT2D eigenvalue weighted by atomic mass is 35.5. The zero-order chi connectivity index (χ0) is 12.1. The first kappa shape index (κ1) is 11.7. The summed E-state index contributed by atoms with van der Waals surface area (Å²) < 4.78 is 0. The molecule has 3 heteroatoms. The molecule has 0 aromatic heterocycles. The lowest BCUT2D eigenvalue weighted by Gasteiger charge is -2.04. The molecule has 0 saturated carbocycles. The van der Waals surface area contributed by atoms with E-state index in [4.69, 9.17) is 16.8 Å². The van der Waals surface area contributed by atoms with Gasteiger partial charge >= 0.3 is 0 Å². The zero-order valence-electron chi connectivity index (χ0n) is 9.18. The summed E-state index contributed by atoms with van der Waals surface area (Å²) in [5.74, 6) is 0. The van der Waals surface area contributed by atoms with Crippen LogP contribution >= 0.6 is 11.6 Å². The fraction of sp³-hybridized carbons (Fsp3) is 0.0714. The molecule has 0 aliphatic rings. The fourth-order valence-corrected chi connectivity index (χ4v) is 1.85. The van der Waals surface area contributed by atoms with E-state index in [1.165, 1.54) is 0 Å². The summed E-state index contributed by atoms with van der Waals surface area (Å²) in [4.78, 5) is 0. The van der Waals surface area contributed by atoms with Crippen molar-refractivity contribution in [3.63, 3.8) is 0 Å². The molecule has 2 aromatic rings. The molecule has 2 aromatic carbocycles. The predicted molar refractivity (Wildman–Crippen MR) is 70.7 cm³/mol. The molecule has 0 amide bonds. The molecule has 2 nitrogen and oxygen atoms in total. The van der Waals surface area contributed by atoms with Crippen molar-refractivity contribution in [2.45, 2.75) is 6.42 Å². The number of benzene rings is 2. The van der Waals surface area contributed by atoms with Crippen LogP contribution in [0.25, 0.3) is 11.1 Å². The number of hydrogen-bond donors (Lipinski definition) is 1. The number of nitrogens with zero attached hydrogens (tertiary/aromatic N) is 1. The second-order valence-electron chi connectivity index (χ2n) is 3.72. The molecule has 1 N–H and O–H groups in total. The van der Waals surface area contributed by atoms with Gasteiger partial charge in [-0.2, -0.15) is 0 Å². The van der Waals surface area contributed by atoms with E-state index in [1.54, 1.807) is 0 Å². The lowest BCUT2D eigenvalue weighted by Crippen LogP contribution is -1.94. The number of rotatable bonds is 3. The summed E-state index contributed by atoms with van der Waals surface area (Å²) in [5, 5.41) is 11.7. The molecule has 86 valence electrons. The Hall–Kier alpha value is -1.80. The van der Waals surface area contributed by atoms with E-state index in [9.17, 15) is 0 Å². The molecule has 0 unspecified atom stereocenters. The number of oxime groups is 1. The predicted octanol–water partition coefficient (Wildman–Crippen LogP) is 3.92. The maximum absolute atomic E-state index is 8.54. The maximum atomic E-state index is 8.54. The van der Waals surface area contributed by atoms with Crippen LogP contribution in [-0.4, -0.2) is 10.4 Å². The van der Waals surface area contributed by atoms with Gasteiger partial charge in [-0.1, -0.05) is 71.4 Å². The average Bonchev–Trinajstić information content (AvgIpc) is 2.40. The van der Waals surface area contributed by atoms with Crippen molar-refractivity contribution in [1.82, 2.24) is 0 Å². The van der Waals surface area contributed by atoms with E-state index in [0.29, 0.717) is 6.42 Å². The largest absolute Gasteiger partial charge is 0.410 e. The van der Waals surface area contributed by atoms with Gasteiger partial charge in [0.2, 0.25) is 0 Å². The lowest BCUT2D eigenvalue weighted by molar-refractivity contribution is 0.319. The summed E-state index contributed by atoms with van der Waals surface area (Å²) in [7, 11) is 0. The number of hydrogen-bond acceptors (Lipinski definition) is 2. The first-order valence-electron chi connectivity index (χ1n) is 5.30. The maximum Gasteiger partial charge on any atom is 0.149 e.